The lowest BCUT2D eigenvalue weighted by Gasteiger charge is -2.11. The number of nitrogens with one attached hydrogen (secondary N) is 2. The maximum atomic E-state index is 13.5. The monoisotopic (exact) mass is 348 g/mol. The van der Waals surface area contributed by atoms with E-state index < -0.39 is 5.82 Å². The second kappa shape index (κ2) is 7.62. The minimum atomic E-state index is -0.400. The van der Waals surface area contributed by atoms with Gasteiger partial charge in [-0.3, -0.25) is 4.79 Å². The molecule has 0 spiro atoms. The third kappa shape index (κ3) is 3.78. The van der Waals surface area contributed by atoms with Crippen LogP contribution in [0, 0.1) is 24.1 Å². The third-order valence-electron chi connectivity index (χ3n) is 3.99. The summed E-state index contributed by atoms with van der Waals surface area (Å²) in [6, 6.07) is 15.6. The molecule has 1 aromatic heterocycles. The number of nitrogens with zero attached hydrogens (tertiary/aromatic N) is 2. The van der Waals surface area contributed by atoms with Gasteiger partial charge in [0.1, 0.15) is 17.6 Å². The number of hydrogen-bond donors (Lipinski definition) is 2. The SMILES string of the molecule is Cc1ccc(C(=O)NCCNc2cc(C#N)nc3ccccc23)cc1F. The molecule has 6 heteroatoms. The quantitative estimate of drug-likeness (QED) is 0.693. The number of anilines is 1. The minimum absolute atomic E-state index is 0.286. The summed E-state index contributed by atoms with van der Waals surface area (Å²) in [7, 11) is 0. The Kier molecular flexibility index (Phi) is 5.09. The fourth-order valence-electron chi connectivity index (χ4n) is 2.59. The Bertz CT molecular complexity index is 1010. The van der Waals surface area contributed by atoms with Gasteiger partial charge in [-0.15, -0.1) is 0 Å². The van der Waals surface area contributed by atoms with Crippen molar-refractivity contribution in [3.8, 4) is 6.07 Å². The lowest BCUT2D eigenvalue weighted by Crippen LogP contribution is -2.28. The molecule has 0 aliphatic rings. The third-order valence-corrected chi connectivity index (χ3v) is 3.99. The van der Waals surface area contributed by atoms with Crippen LogP contribution < -0.4 is 10.6 Å². The van der Waals surface area contributed by atoms with Crippen molar-refractivity contribution in [2.24, 2.45) is 0 Å². The van der Waals surface area contributed by atoms with E-state index in [1.807, 2.05) is 30.3 Å². The fraction of sp³-hybridized carbons (Fsp3) is 0.150. The van der Waals surface area contributed by atoms with Gasteiger partial charge in [0.05, 0.1) is 5.52 Å². The van der Waals surface area contributed by atoms with Crippen molar-refractivity contribution >= 4 is 22.5 Å². The fourth-order valence-corrected chi connectivity index (χ4v) is 2.59. The number of benzene rings is 2. The molecule has 5 nitrogen and oxygen atoms in total. The van der Waals surface area contributed by atoms with Crippen LogP contribution in [0.2, 0.25) is 0 Å². The molecule has 26 heavy (non-hydrogen) atoms. The van der Waals surface area contributed by atoms with Gasteiger partial charge in [0.15, 0.2) is 0 Å². The smallest absolute Gasteiger partial charge is 0.251 e. The summed E-state index contributed by atoms with van der Waals surface area (Å²) >= 11 is 0. The molecule has 0 atom stereocenters. The topological polar surface area (TPSA) is 77.8 Å². The molecular formula is C20H17FN4O. The van der Waals surface area contributed by atoms with E-state index in [0.717, 1.165) is 16.6 Å². The predicted molar refractivity (Wildman–Crippen MR) is 98.4 cm³/mol. The van der Waals surface area contributed by atoms with E-state index in [9.17, 15) is 9.18 Å². The van der Waals surface area contributed by atoms with Crippen molar-refractivity contribution < 1.29 is 9.18 Å². The zero-order valence-electron chi connectivity index (χ0n) is 14.2. The van der Waals surface area contributed by atoms with Crippen LogP contribution in [0.15, 0.2) is 48.5 Å². The summed E-state index contributed by atoms with van der Waals surface area (Å²) < 4.78 is 13.5. The van der Waals surface area contributed by atoms with Gasteiger partial charge < -0.3 is 10.6 Å². The van der Waals surface area contributed by atoms with Gasteiger partial charge in [-0.1, -0.05) is 24.3 Å². The maximum absolute atomic E-state index is 13.5. The minimum Gasteiger partial charge on any atom is -0.383 e. The van der Waals surface area contributed by atoms with Crippen LogP contribution in [0.5, 0.6) is 0 Å². The molecule has 0 unspecified atom stereocenters. The Morgan fingerprint density at radius 1 is 1.19 bits per heavy atom. The Hall–Kier alpha value is -3.46. The molecule has 0 aliphatic carbocycles. The summed E-state index contributed by atoms with van der Waals surface area (Å²) in [5, 5.41) is 16.0. The van der Waals surface area contributed by atoms with Crippen molar-refractivity contribution in [3.05, 3.63) is 71.2 Å². The molecule has 2 N–H and O–H groups in total. The number of aromatic nitrogens is 1. The Morgan fingerprint density at radius 3 is 2.77 bits per heavy atom. The number of halogens is 1. The molecule has 130 valence electrons. The number of carbonyl (C=O) groups excluding carboxylic acids is 1. The van der Waals surface area contributed by atoms with Crippen LogP contribution in [0.4, 0.5) is 10.1 Å². The molecule has 0 aliphatic heterocycles. The average Bonchev–Trinajstić information content (AvgIpc) is 2.66. The zero-order chi connectivity index (χ0) is 18.5. The van der Waals surface area contributed by atoms with Crippen molar-refractivity contribution in [3.63, 3.8) is 0 Å². The number of aryl methyl sites for hydroxylation is 1. The number of pyridine rings is 1. The van der Waals surface area contributed by atoms with Crippen LogP contribution in [0.3, 0.4) is 0 Å². The van der Waals surface area contributed by atoms with E-state index in [1.54, 1.807) is 25.1 Å². The van der Waals surface area contributed by atoms with Crippen molar-refractivity contribution in [1.29, 1.82) is 5.26 Å². The van der Waals surface area contributed by atoms with Gasteiger partial charge in [0.25, 0.3) is 5.91 Å². The Labute approximate surface area is 150 Å². The van der Waals surface area contributed by atoms with Gasteiger partial charge in [0.2, 0.25) is 0 Å². The summed E-state index contributed by atoms with van der Waals surface area (Å²) in [5.74, 6) is -0.730. The number of fused-ring (bicyclic) bond motifs is 1. The van der Waals surface area contributed by atoms with Gasteiger partial charge in [-0.05, 0) is 36.8 Å². The zero-order valence-corrected chi connectivity index (χ0v) is 14.2. The number of para-hydroxylation sites is 1. The van der Waals surface area contributed by atoms with E-state index in [4.69, 9.17) is 5.26 Å². The maximum Gasteiger partial charge on any atom is 0.251 e. The number of amides is 1. The summed E-state index contributed by atoms with van der Waals surface area (Å²) in [5.41, 5.74) is 2.62. The van der Waals surface area contributed by atoms with Gasteiger partial charge in [-0.25, -0.2) is 9.37 Å². The van der Waals surface area contributed by atoms with Crippen LogP contribution in [0.1, 0.15) is 21.6 Å². The number of rotatable bonds is 5. The molecule has 0 fully saturated rings. The highest BCUT2D eigenvalue weighted by Gasteiger charge is 2.08. The van der Waals surface area contributed by atoms with E-state index in [1.165, 1.54) is 6.07 Å². The highest BCUT2D eigenvalue weighted by molar-refractivity contribution is 5.94. The van der Waals surface area contributed by atoms with E-state index >= 15 is 0 Å². The standard InChI is InChI=1S/C20H17FN4O/c1-13-6-7-14(10-17(13)21)20(26)24-9-8-23-19-11-15(12-22)25-18-5-3-2-4-16(18)19/h2-7,10-11H,8-9H2,1H3,(H,23,25)(H,24,26). The normalized spacial score (nSPS) is 10.3. The molecular weight excluding hydrogens is 331 g/mol. The molecule has 0 saturated carbocycles. The van der Waals surface area contributed by atoms with E-state index in [-0.39, 0.29) is 11.5 Å². The van der Waals surface area contributed by atoms with Crippen LogP contribution >= 0.6 is 0 Å². The molecule has 1 heterocycles. The first kappa shape index (κ1) is 17.4. The van der Waals surface area contributed by atoms with Crippen LogP contribution in [-0.2, 0) is 0 Å². The molecule has 2 aromatic carbocycles. The summed E-state index contributed by atoms with van der Waals surface area (Å²) in [6.45, 7) is 2.46. The lowest BCUT2D eigenvalue weighted by molar-refractivity contribution is 0.0954. The Balaban J connectivity index is 1.63. The first-order chi connectivity index (χ1) is 12.6. The van der Waals surface area contributed by atoms with Crippen LogP contribution in [0.25, 0.3) is 10.9 Å². The first-order valence-electron chi connectivity index (χ1n) is 8.16. The Morgan fingerprint density at radius 2 is 2.00 bits per heavy atom. The van der Waals surface area contributed by atoms with Gasteiger partial charge in [0, 0.05) is 29.7 Å². The van der Waals surface area contributed by atoms with E-state index in [2.05, 4.69) is 15.6 Å². The highest BCUT2D eigenvalue weighted by Crippen LogP contribution is 2.22. The van der Waals surface area contributed by atoms with Gasteiger partial charge >= 0.3 is 0 Å². The highest BCUT2D eigenvalue weighted by atomic mass is 19.1. The number of hydrogen-bond acceptors (Lipinski definition) is 4. The van der Waals surface area contributed by atoms with Crippen molar-refractivity contribution in [2.75, 3.05) is 18.4 Å². The second-order valence-corrected chi connectivity index (χ2v) is 5.83. The summed E-state index contributed by atoms with van der Waals surface area (Å²) in [6.07, 6.45) is 0. The molecule has 0 bridgehead atoms. The molecule has 0 radical (unpaired) electrons. The van der Waals surface area contributed by atoms with E-state index in [0.29, 0.717) is 24.3 Å². The lowest BCUT2D eigenvalue weighted by atomic mass is 10.1. The largest absolute Gasteiger partial charge is 0.383 e. The van der Waals surface area contributed by atoms with Gasteiger partial charge in [-0.2, -0.15) is 5.26 Å². The molecule has 1 amide bonds. The predicted octanol–water partition coefficient (Wildman–Crippen LogP) is 3.40. The summed E-state index contributed by atoms with van der Waals surface area (Å²) in [4.78, 5) is 16.3. The first-order valence-corrected chi connectivity index (χ1v) is 8.16. The second-order valence-electron chi connectivity index (χ2n) is 5.83. The van der Waals surface area contributed by atoms with Crippen molar-refractivity contribution in [2.45, 2.75) is 6.92 Å². The number of carbonyl (C=O) groups is 1. The van der Waals surface area contributed by atoms with Crippen molar-refractivity contribution in [1.82, 2.24) is 10.3 Å². The number of nitriles is 1. The molecule has 0 saturated heterocycles. The molecule has 3 aromatic rings. The van der Waals surface area contributed by atoms with Crippen LogP contribution in [-0.4, -0.2) is 24.0 Å². The average molecular weight is 348 g/mol. The molecule has 3 rings (SSSR count).